The van der Waals surface area contributed by atoms with E-state index in [9.17, 15) is 9.59 Å². The van der Waals surface area contributed by atoms with Crippen molar-refractivity contribution in [3.05, 3.63) is 132 Å². The third-order valence-corrected chi connectivity index (χ3v) is 9.09. The average Bonchev–Trinajstić information content (AvgIpc) is 3.37. The first-order valence-corrected chi connectivity index (χ1v) is 16.8. The molecule has 0 radical (unpaired) electrons. The summed E-state index contributed by atoms with van der Waals surface area (Å²) in [6.45, 7) is 7.84. The molecular weight excluding hydrogens is 648 g/mol. The number of methoxy groups -OCH3 is 1. The number of esters is 1. The number of hydrogen-bond donors (Lipinski definition) is 0. The van der Waals surface area contributed by atoms with Crippen molar-refractivity contribution in [3.8, 4) is 17.2 Å². The van der Waals surface area contributed by atoms with Crippen LogP contribution in [0, 0.1) is 0 Å². The van der Waals surface area contributed by atoms with E-state index in [4.69, 9.17) is 35.5 Å². The van der Waals surface area contributed by atoms with Crippen LogP contribution in [-0.2, 0) is 16.1 Å². The van der Waals surface area contributed by atoms with Crippen LogP contribution in [0.5, 0.6) is 17.2 Å². The van der Waals surface area contributed by atoms with Gasteiger partial charge in [0.1, 0.15) is 12.4 Å². The lowest BCUT2D eigenvalue weighted by molar-refractivity contribution is -0.139. The van der Waals surface area contributed by atoms with Crippen molar-refractivity contribution < 1.29 is 23.7 Å². The minimum Gasteiger partial charge on any atom is -0.493 e. The number of benzene rings is 4. The van der Waals surface area contributed by atoms with Crippen molar-refractivity contribution in [2.45, 2.75) is 46.4 Å². The summed E-state index contributed by atoms with van der Waals surface area (Å²) in [6.07, 6.45) is 1.77. The van der Waals surface area contributed by atoms with E-state index in [-0.39, 0.29) is 23.8 Å². The van der Waals surface area contributed by atoms with Gasteiger partial charge in [-0.3, -0.25) is 9.36 Å². The van der Waals surface area contributed by atoms with E-state index < -0.39 is 12.0 Å². The highest BCUT2D eigenvalue weighted by atomic mass is 35.5. The summed E-state index contributed by atoms with van der Waals surface area (Å²) in [5, 5.41) is 2.56. The van der Waals surface area contributed by atoms with E-state index in [2.05, 4.69) is 0 Å². The van der Waals surface area contributed by atoms with Crippen LogP contribution in [0.4, 0.5) is 0 Å². The second-order valence-electron chi connectivity index (χ2n) is 11.5. The molecule has 0 saturated heterocycles. The fourth-order valence-electron chi connectivity index (χ4n) is 5.78. The Bertz CT molecular complexity index is 2240. The molecule has 0 aliphatic carbocycles. The zero-order valence-electron chi connectivity index (χ0n) is 27.3. The van der Waals surface area contributed by atoms with Crippen LogP contribution in [-0.4, -0.2) is 30.4 Å². The highest BCUT2D eigenvalue weighted by molar-refractivity contribution is 7.07. The van der Waals surface area contributed by atoms with E-state index in [1.54, 1.807) is 37.7 Å². The standard InChI is InChI=1S/C38H35ClN2O6S/c1-6-45-37(43)34-23(4)40-38-41(35(34)26-15-17-31(47-22(2)3)32(19-26)44-5)36(42)33(48-38)20-29-28-13-8-7-11-25(28)14-16-30(29)46-21-24-10-9-12-27(39)18-24/h7-20,22,35H,6,21H2,1-5H3/b33-20+/t35-/m1/s1. The molecule has 1 aromatic heterocycles. The van der Waals surface area contributed by atoms with E-state index in [1.165, 1.54) is 11.3 Å². The van der Waals surface area contributed by atoms with Gasteiger partial charge in [0.2, 0.25) is 0 Å². The number of hydrogen-bond acceptors (Lipinski definition) is 8. The number of thiazole rings is 1. The Balaban J connectivity index is 1.53. The maximum absolute atomic E-state index is 14.5. The summed E-state index contributed by atoms with van der Waals surface area (Å²) in [6, 6.07) is 24.0. The Kier molecular flexibility index (Phi) is 9.71. The first-order chi connectivity index (χ1) is 23.2. The molecule has 0 saturated carbocycles. The lowest BCUT2D eigenvalue weighted by Crippen LogP contribution is -2.40. The van der Waals surface area contributed by atoms with Crippen LogP contribution in [0.25, 0.3) is 16.8 Å². The lowest BCUT2D eigenvalue weighted by Gasteiger charge is -2.25. The van der Waals surface area contributed by atoms with Crippen LogP contribution in [0.15, 0.2) is 99.9 Å². The monoisotopic (exact) mass is 682 g/mol. The van der Waals surface area contributed by atoms with E-state index >= 15 is 0 Å². The third-order valence-electron chi connectivity index (χ3n) is 7.87. The maximum atomic E-state index is 14.5. The molecule has 2 heterocycles. The summed E-state index contributed by atoms with van der Waals surface area (Å²) in [7, 11) is 1.56. The molecule has 0 spiro atoms. The van der Waals surface area contributed by atoms with Gasteiger partial charge < -0.3 is 18.9 Å². The molecule has 0 bridgehead atoms. The van der Waals surface area contributed by atoms with Crippen molar-refractivity contribution in [3.63, 3.8) is 0 Å². The van der Waals surface area contributed by atoms with E-state index in [1.807, 2.05) is 86.7 Å². The Morgan fingerprint density at radius 3 is 2.56 bits per heavy atom. The summed E-state index contributed by atoms with van der Waals surface area (Å²) in [4.78, 5) is 33.1. The highest BCUT2D eigenvalue weighted by Gasteiger charge is 2.34. The van der Waals surface area contributed by atoms with Gasteiger partial charge in [-0.15, -0.1) is 0 Å². The summed E-state index contributed by atoms with van der Waals surface area (Å²) < 4.78 is 25.4. The number of carbonyl (C=O) groups is 1. The number of halogens is 1. The minimum atomic E-state index is -0.810. The molecule has 48 heavy (non-hydrogen) atoms. The van der Waals surface area contributed by atoms with Gasteiger partial charge in [0.15, 0.2) is 16.3 Å². The van der Waals surface area contributed by atoms with Crippen LogP contribution < -0.4 is 29.1 Å². The van der Waals surface area contributed by atoms with Gasteiger partial charge >= 0.3 is 5.97 Å². The number of rotatable bonds is 10. The van der Waals surface area contributed by atoms with Crippen molar-refractivity contribution in [2.75, 3.05) is 13.7 Å². The molecule has 0 unspecified atom stereocenters. The van der Waals surface area contributed by atoms with Gasteiger partial charge in [0.25, 0.3) is 5.56 Å². The third kappa shape index (κ3) is 6.61. The van der Waals surface area contributed by atoms with Gasteiger partial charge in [-0.2, -0.15) is 0 Å². The predicted octanol–water partition coefficient (Wildman–Crippen LogP) is 6.98. The number of carbonyl (C=O) groups excluding carboxylic acids is 1. The van der Waals surface area contributed by atoms with Crippen molar-refractivity contribution >= 4 is 45.8 Å². The predicted molar refractivity (Wildman–Crippen MR) is 189 cm³/mol. The molecule has 0 fully saturated rings. The Morgan fingerprint density at radius 1 is 1.02 bits per heavy atom. The molecule has 1 aliphatic rings. The van der Waals surface area contributed by atoms with Crippen molar-refractivity contribution in [2.24, 2.45) is 4.99 Å². The second-order valence-corrected chi connectivity index (χ2v) is 12.9. The van der Waals surface area contributed by atoms with E-state index in [0.29, 0.717) is 49.5 Å². The number of fused-ring (bicyclic) bond motifs is 2. The van der Waals surface area contributed by atoms with Gasteiger partial charge in [-0.25, -0.2) is 9.79 Å². The SMILES string of the molecule is CCOC(=O)C1=C(C)N=c2s/c(=C/c3c(OCc4cccc(Cl)c4)ccc4ccccc34)c(=O)n2[C@@H]1c1ccc(OC(C)C)c(OC)c1. The van der Waals surface area contributed by atoms with Gasteiger partial charge in [0, 0.05) is 10.6 Å². The lowest BCUT2D eigenvalue weighted by atomic mass is 9.95. The molecule has 4 aromatic carbocycles. The fourth-order valence-corrected chi connectivity index (χ4v) is 7.02. The molecule has 0 N–H and O–H groups in total. The fraction of sp³-hybridized carbons (Fsp3) is 0.237. The first-order valence-electron chi connectivity index (χ1n) is 15.6. The Morgan fingerprint density at radius 2 is 1.81 bits per heavy atom. The number of allylic oxidation sites excluding steroid dienone is 1. The zero-order valence-corrected chi connectivity index (χ0v) is 28.9. The number of nitrogens with zero attached hydrogens (tertiary/aromatic N) is 2. The van der Waals surface area contributed by atoms with Gasteiger partial charge in [-0.1, -0.05) is 71.5 Å². The summed E-state index contributed by atoms with van der Waals surface area (Å²) in [5.41, 5.74) is 2.80. The molecule has 1 aliphatic heterocycles. The normalized spacial score (nSPS) is 14.6. The molecule has 1 atom stereocenters. The quantitative estimate of drug-likeness (QED) is 0.148. The maximum Gasteiger partial charge on any atom is 0.338 e. The average molecular weight is 683 g/mol. The molecule has 5 aromatic rings. The second kappa shape index (κ2) is 14.1. The van der Waals surface area contributed by atoms with Crippen LogP contribution in [0.1, 0.15) is 50.4 Å². The van der Waals surface area contributed by atoms with E-state index in [0.717, 1.165) is 21.9 Å². The topological polar surface area (TPSA) is 88.4 Å². The largest absolute Gasteiger partial charge is 0.493 e. The highest BCUT2D eigenvalue weighted by Crippen LogP contribution is 2.37. The smallest absolute Gasteiger partial charge is 0.338 e. The molecule has 0 amide bonds. The molecular formula is C38H35ClN2O6S. The number of ether oxygens (including phenoxy) is 4. The van der Waals surface area contributed by atoms with Crippen molar-refractivity contribution in [1.29, 1.82) is 0 Å². The summed E-state index contributed by atoms with van der Waals surface area (Å²) in [5.74, 6) is 1.12. The van der Waals surface area contributed by atoms with Crippen molar-refractivity contribution in [1.82, 2.24) is 4.57 Å². The Labute approximate surface area is 287 Å². The Hall–Kier alpha value is -4.86. The van der Waals surface area contributed by atoms with Gasteiger partial charge in [-0.05, 0) is 86.0 Å². The molecule has 8 nitrogen and oxygen atoms in total. The molecule has 246 valence electrons. The van der Waals surface area contributed by atoms with Crippen LogP contribution >= 0.6 is 22.9 Å². The first kappa shape index (κ1) is 33.1. The number of aromatic nitrogens is 1. The molecule has 10 heteroatoms. The minimum absolute atomic E-state index is 0.0758. The zero-order chi connectivity index (χ0) is 33.9. The van der Waals surface area contributed by atoms with Gasteiger partial charge in [0.05, 0.1) is 41.7 Å². The van der Waals surface area contributed by atoms with Crippen LogP contribution in [0.3, 0.4) is 0 Å². The molecule has 6 rings (SSSR count). The van der Waals surface area contributed by atoms with Crippen LogP contribution in [0.2, 0.25) is 5.02 Å². The summed E-state index contributed by atoms with van der Waals surface area (Å²) >= 11 is 7.47.